The third kappa shape index (κ3) is 1.78. The highest BCUT2D eigenvalue weighted by molar-refractivity contribution is 6.17. The lowest BCUT2D eigenvalue weighted by Gasteiger charge is -2.05. The van der Waals surface area contributed by atoms with Crippen LogP contribution in [0, 0.1) is 6.92 Å². The van der Waals surface area contributed by atoms with Crippen molar-refractivity contribution in [1.29, 1.82) is 0 Å². The maximum atomic E-state index is 6.35. The molecule has 24 heavy (non-hydrogen) atoms. The molecule has 3 heteroatoms. The van der Waals surface area contributed by atoms with Crippen molar-refractivity contribution in [2.24, 2.45) is 0 Å². The van der Waals surface area contributed by atoms with Crippen LogP contribution in [0.3, 0.4) is 0 Å². The van der Waals surface area contributed by atoms with Crippen LogP contribution in [-0.2, 0) is 0 Å². The van der Waals surface area contributed by atoms with Gasteiger partial charge in [0.2, 0.25) is 0 Å². The summed E-state index contributed by atoms with van der Waals surface area (Å²) in [4.78, 5) is 8.78. The van der Waals surface area contributed by atoms with E-state index in [9.17, 15) is 0 Å². The summed E-state index contributed by atoms with van der Waals surface area (Å²) in [5.41, 5.74) is 4.92. The number of nitrogens with zero attached hydrogens (tertiary/aromatic N) is 2. The molecule has 0 atom stereocenters. The zero-order valence-corrected chi connectivity index (χ0v) is 13.2. The van der Waals surface area contributed by atoms with Crippen molar-refractivity contribution in [3.05, 3.63) is 72.7 Å². The summed E-state index contributed by atoms with van der Waals surface area (Å²) in [6, 6.07) is 16.5. The molecule has 0 radical (unpaired) electrons. The highest BCUT2D eigenvalue weighted by Crippen LogP contribution is 2.39. The van der Waals surface area contributed by atoms with Crippen LogP contribution in [0.2, 0.25) is 0 Å². The maximum Gasteiger partial charge on any atom is 0.145 e. The molecular formula is C21H14N2O. The van der Waals surface area contributed by atoms with Crippen LogP contribution in [0.4, 0.5) is 0 Å². The molecule has 0 amide bonds. The van der Waals surface area contributed by atoms with Crippen molar-refractivity contribution in [3.8, 4) is 11.3 Å². The summed E-state index contributed by atoms with van der Waals surface area (Å²) in [7, 11) is 0. The topological polar surface area (TPSA) is 38.9 Å². The molecule has 5 aromatic rings. The summed E-state index contributed by atoms with van der Waals surface area (Å²) in [6.07, 6.45) is 5.49. The molecule has 2 aromatic carbocycles. The Morgan fingerprint density at radius 1 is 0.792 bits per heavy atom. The predicted molar refractivity (Wildman–Crippen MR) is 97.0 cm³/mol. The van der Waals surface area contributed by atoms with E-state index in [1.54, 1.807) is 6.20 Å². The average Bonchev–Trinajstić information content (AvgIpc) is 3.01. The number of pyridine rings is 2. The molecule has 3 aromatic heterocycles. The molecule has 5 rings (SSSR count). The Hall–Kier alpha value is -3.20. The SMILES string of the molecule is Cc1ccc2c(oc3c4cnccc4ccc23)c1-c1ccccn1. The van der Waals surface area contributed by atoms with Gasteiger partial charge in [-0.3, -0.25) is 9.97 Å². The van der Waals surface area contributed by atoms with Crippen molar-refractivity contribution >= 4 is 32.7 Å². The van der Waals surface area contributed by atoms with Crippen LogP contribution >= 0.6 is 0 Å². The second kappa shape index (κ2) is 4.90. The van der Waals surface area contributed by atoms with Gasteiger partial charge in [0.05, 0.1) is 5.69 Å². The Bertz CT molecular complexity index is 1210. The fourth-order valence-corrected chi connectivity index (χ4v) is 3.39. The Morgan fingerprint density at radius 2 is 1.67 bits per heavy atom. The van der Waals surface area contributed by atoms with Crippen molar-refractivity contribution in [3.63, 3.8) is 0 Å². The summed E-state index contributed by atoms with van der Waals surface area (Å²) >= 11 is 0. The van der Waals surface area contributed by atoms with Gasteiger partial charge in [0.25, 0.3) is 0 Å². The van der Waals surface area contributed by atoms with Crippen molar-refractivity contribution in [2.75, 3.05) is 0 Å². The van der Waals surface area contributed by atoms with E-state index in [0.29, 0.717) is 0 Å². The third-order valence-electron chi connectivity index (χ3n) is 4.55. The summed E-state index contributed by atoms with van der Waals surface area (Å²) in [6.45, 7) is 2.09. The first-order chi connectivity index (χ1) is 11.8. The van der Waals surface area contributed by atoms with E-state index >= 15 is 0 Å². The van der Waals surface area contributed by atoms with E-state index in [1.807, 2.05) is 36.7 Å². The molecule has 0 saturated heterocycles. The molecule has 3 nitrogen and oxygen atoms in total. The molecule has 0 bridgehead atoms. The van der Waals surface area contributed by atoms with E-state index in [4.69, 9.17) is 4.42 Å². The molecule has 0 saturated carbocycles. The van der Waals surface area contributed by atoms with E-state index in [2.05, 4.69) is 41.2 Å². The standard InChI is InChI=1S/C21H14N2O/c1-13-5-7-16-15-8-6-14-9-11-22-12-17(14)20(15)24-21(16)19(13)18-4-2-3-10-23-18/h2-12H,1H3. The minimum atomic E-state index is 0.887. The van der Waals surface area contributed by atoms with E-state index in [0.717, 1.165) is 49.5 Å². The van der Waals surface area contributed by atoms with Crippen LogP contribution in [0.1, 0.15) is 5.56 Å². The number of fused-ring (bicyclic) bond motifs is 5. The summed E-state index contributed by atoms with van der Waals surface area (Å²) in [5.74, 6) is 0. The van der Waals surface area contributed by atoms with E-state index < -0.39 is 0 Å². The van der Waals surface area contributed by atoms with Crippen LogP contribution < -0.4 is 0 Å². The molecule has 114 valence electrons. The first-order valence-corrected chi connectivity index (χ1v) is 7.93. The minimum absolute atomic E-state index is 0.887. The van der Waals surface area contributed by atoms with Crippen LogP contribution in [-0.4, -0.2) is 9.97 Å². The number of aryl methyl sites for hydroxylation is 1. The van der Waals surface area contributed by atoms with Gasteiger partial charge in [0.1, 0.15) is 11.2 Å². The molecule has 0 unspecified atom stereocenters. The Labute approximate surface area is 138 Å². The molecule has 3 heterocycles. The Balaban J connectivity index is 1.97. The van der Waals surface area contributed by atoms with Crippen molar-refractivity contribution in [2.45, 2.75) is 6.92 Å². The zero-order chi connectivity index (χ0) is 16.1. The van der Waals surface area contributed by atoms with Crippen LogP contribution in [0.5, 0.6) is 0 Å². The number of benzene rings is 2. The molecule has 0 N–H and O–H groups in total. The predicted octanol–water partition coefficient (Wildman–Crippen LogP) is 5.50. The first kappa shape index (κ1) is 13.3. The van der Waals surface area contributed by atoms with Crippen molar-refractivity contribution in [1.82, 2.24) is 9.97 Å². The van der Waals surface area contributed by atoms with Crippen molar-refractivity contribution < 1.29 is 4.42 Å². The molecule has 0 aliphatic rings. The largest absolute Gasteiger partial charge is 0.455 e. The molecule has 0 aliphatic heterocycles. The number of hydrogen-bond donors (Lipinski definition) is 0. The lowest BCUT2D eigenvalue weighted by molar-refractivity contribution is 0.673. The summed E-state index contributed by atoms with van der Waals surface area (Å²) in [5, 5.41) is 4.40. The average molecular weight is 310 g/mol. The van der Waals surface area contributed by atoms with Gasteiger partial charge in [0, 0.05) is 40.3 Å². The number of furan rings is 1. The van der Waals surface area contributed by atoms with Gasteiger partial charge in [-0.2, -0.15) is 0 Å². The Kier molecular flexibility index (Phi) is 2.71. The van der Waals surface area contributed by atoms with Gasteiger partial charge >= 0.3 is 0 Å². The van der Waals surface area contributed by atoms with Gasteiger partial charge in [-0.25, -0.2) is 0 Å². The molecule has 0 fully saturated rings. The highest BCUT2D eigenvalue weighted by Gasteiger charge is 2.16. The second-order valence-electron chi connectivity index (χ2n) is 5.99. The van der Waals surface area contributed by atoms with Crippen LogP contribution in [0.25, 0.3) is 44.0 Å². The number of hydrogen-bond acceptors (Lipinski definition) is 3. The molecule has 0 spiro atoms. The van der Waals surface area contributed by atoms with Gasteiger partial charge in [-0.05, 0) is 42.1 Å². The maximum absolute atomic E-state index is 6.35. The summed E-state index contributed by atoms with van der Waals surface area (Å²) < 4.78 is 6.35. The highest BCUT2D eigenvalue weighted by atomic mass is 16.3. The van der Waals surface area contributed by atoms with Gasteiger partial charge in [0.15, 0.2) is 0 Å². The smallest absolute Gasteiger partial charge is 0.145 e. The lowest BCUT2D eigenvalue weighted by atomic mass is 10.0. The van der Waals surface area contributed by atoms with Gasteiger partial charge in [-0.15, -0.1) is 0 Å². The van der Waals surface area contributed by atoms with E-state index in [1.165, 1.54) is 0 Å². The normalized spacial score (nSPS) is 11.5. The van der Waals surface area contributed by atoms with Crippen LogP contribution in [0.15, 0.2) is 71.5 Å². The minimum Gasteiger partial charge on any atom is -0.455 e. The number of rotatable bonds is 1. The second-order valence-corrected chi connectivity index (χ2v) is 5.99. The molecule has 0 aliphatic carbocycles. The third-order valence-corrected chi connectivity index (χ3v) is 4.55. The Morgan fingerprint density at radius 3 is 2.54 bits per heavy atom. The number of aromatic nitrogens is 2. The molecular weight excluding hydrogens is 296 g/mol. The fourth-order valence-electron chi connectivity index (χ4n) is 3.39. The quantitative estimate of drug-likeness (QED) is 0.410. The lowest BCUT2D eigenvalue weighted by Crippen LogP contribution is -1.86. The van der Waals surface area contributed by atoms with Gasteiger partial charge < -0.3 is 4.42 Å². The fraction of sp³-hybridized carbons (Fsp3) is 0.0476. The van der Waals surface area contributed by atoms with E-state index in [-0.39, 0.29) is 0 Å². The zero-order valence-electron chi connectivity index (χ0n) is 13.2. The van der Waals surface area contributed by atoms with Gasteiger partial charge in [-0.1, -0.05) is 24.3 Å². The first-order valence-electron chi connectivity index (χ1n) is 7.93. The monoisotopic (exact) mass is 310 g/mol.